The van der Waals surface area contributed by atoms with E-state index in [1.165, 1.54) is 0 Å². The summed E-state index contributed by atoms with van der Waals surface area (Å²) in [6.45, 7) is 1.85. The van der Waals surface area contributed by atoms with Gasteiger partial charge in [-0.3, -0.25) is 9.78 Å². The van der Waals surface area contributed by atoms with Crippen LogP contribution in [0.5, 0.6) is 0 Å². The molecule has 1 atom stereocenters. The lowest BCUT2D eigenvalue weighted by molar-refractivity contribution is 0.0961. The van der Waals surface area contributed by atoms with Gasteiger partial charge in [-0.2, -0.15) is 0 Å². The maximum atomic E-state index is 12.2. The van der Waals surface area contributed by atoms with E-state index >= 15 is 0 Å². The highest BCUT2D eigenvalue weighted by Crippen LogP contribution is 2.24. The first-order chi connectivity index (χ1) is 8.20. The molecule has 0 spiro atoms. The van der Waals surface area contributed by atoms with Crippen molar-refractivity contribution in [3.63, 3.8) is 0 Å². The topological polar surface area (TPSA) is 56.0 Å². The van der Waals surface area contributed by atoms with Crippen molar-refractivity contribution in [1.29, 1.82) is 0 Å². The molecule has 0 amide bonds. The van der Waals surface area contributed by atoms with E-state index < -0.39 is 0 Å². The van der Waals surface area contributed by atoms with Crippen LogP contribution in [0.4, 0.5) is 5.69 Å². The summed E-state index contributed by atoms with van der Waals surface area (Å²) >= 11 is 0. The Labute approximate surface area is 100 Å². The van der Waals surface area contributed by atoms with E-state index in [1.54, 1.807) is 30.5 Å². The van der Waals surface area contributed by atoms with Gasteiger partial charge in [-0.15, -0.1) is 0 Å². The molecule has 0 saturated carbocycles. The number of anilines is 1. The molecule has 0 fully saturated rings. The second kappa shape index (κ2) is 4.78. The van der Waals surface area contributed by atoms with Gasteiger partial charge in [0.15, 0.2) is 5.78 Å². The smallest absolute Gasteiger partial charge is 0.188 e. The van der Waals surface area contributed by atoms with Crippen molar-refractivity contribution in [2.45, 2.75) is 12.8 Å². The van der Waals surface area contributed by atoms with Crippen LogP contribution >= 0.6 is 0 Å². The van der Waals surface area contributed by atoms with Gasteiger partial charge < -0.3 is 5.73 Å². The van der Waals surface area contributed by atoms with E-state index in [0.717, 1.165) is 5.56 Å². The second-order valence-electron chi connectivity index (χ2n) is 3.93. The summed E-state index contributed by atoms with van der Waals surface area (Å²) in [5, 5.41) is 0. The SMILES string of the molecule is CC(C(=O)c1ccccn1)c1ccccc1N. The molecule has 1 heterocycles. The Hall–Kier alpha value is -2.16. The van der Waals surface area contributed by atoms with Crippen LogP contribution in [0, 0.1) is 0 Å². The van der Waals surface area contributed by atoms with Gasteiger partial charge in [0.05, 0.1) is 0 Å². The van der Waals surface area contributed by atoms with E-state index in [-0.39, 0.29) is 11.7 Å². The molecule has 2 aromatic rings. The summed E-state index contributed by atoms with van der Waals surface area (Å²) < 4.78 is 0. The van der Waals surface area contributed by atoms with E-state index in [4.69, 9.17) is 5.73 Å². The zero-order valence-corrected chi connectivity index (χ0v) is 9.63. The lowest BCUT2D eigenvalue weighted by Crippen LogP contribution is -2.12. The van der Waals surface area contributed by atoms with E-state index in [0.29, 0.717) is 11.4 Å². The largest absolute Gasteiger partial charge is 0.398 e. The molecule has 0 bridgehead atoms. The van der Waals surface area contributed by atoms with Crippen molar-refractivity contribution >= 4 is 11.5 Å². The van der Waals surface area contributed by atoms with Crippen molar-refractivity contribution < 1.29 is 4.79 Å². The molecule has 86 valence electrons. The Balaban J connectivity index is 2.30. The monoisotopic (exact) mass is 226 g/mol. The Bertz CT molecular complexity index is 523. The number of hydrogen-bond donors (Lipinski definition) is 1. The maximum absolute atomic E-state index is 12.2. The first-order valence-corrected chi connectivity index (χ1v) is 5.50. The van der Waals surface area contributed by atoms with E-state index in [9.17, 15) is 4.79 Å². The summed E-state index contributed by atoms with van der Waals surface area (Å²) in [6.07, 6.45) is 1.62. The van der Waals surface area contributed by atoms with Gasteiger partial charge in [-0.1, -0.05) is 31.2 Å². The average molecular weight is 226 g/mol. The zero-order valence-electron chi connectivity index (χ0n) is 9.63. The predicted molar refractivity (Wildman–Crippen MR) is 67.8 cm³/mol. The summed E-state index contributed by atoms with van der Waals surface area (Å²) in [6, 6.07) is 12.7. The summed E-state index contributed by atoms with van der Waals surface area (Å²) in [5.74, 6) is -0.283. The van der Waals surface area contributed by atoms with Crippen LogP contribution < -0.4 is 5.73 Å². The summed E-state index contributed by atoms with van der Waals surface area (Å²) in [5.41, 5.74) is 7.83. The molecule has 0 aliphatic carbocycles. The third-order valence-corrected chi connectivity index (χ3v) is 2.77. The number of hydrogen-bond acceptors (Lipinski definition) is 3. The molecule has 1 aromatic carbocycles. The molecule has 3 nitrogen and oxygen atoms in total. The number of aromatic nitrogens is 1. The molecular weight excluding hydrogens is 212 g/mol. The number of nitrogen functional groups attached to an aromatic ring is 1. The Kier molecular flexibility index (Phi) is 3.19. The number of nitrogens with zero attached hydrogens (tertiary/aromatic N) is 1. The molecule has 17 heavy (non-hydrogen) atoms. The Morgan fingerprint density at radius 3 is 2.53 bits per heavy atom. The molecule has 0 aliphatic rings. The number of carbonyl (C=O) groups is 1. The van der Waals surface area contributed by atoms with E-state index in [1.807, 2.05) is 25.1 Å². The summed E-state index contributed by atoms with van der Waals surface area (Å²) in [4.78, 5) is 16.2. The van der Waals surface area contributed by atoms with Crippen LogP contribution in [0.25, 0.3) is 0 Å². The van der Waals surface area contributed by atoms with Crippen LogP contribution in [0.15, 0.2) is 48.7 Å². The highest BCUT2D eigenvalue weighted by atomic mass is 16.1. The van der Waals surface area contributed by atoms with Gasteiger partial charge in [0.25, 0.3) is 0 Å². The third kappa shape index (κ3) is 2.33. The number of carbonyl (C=O) groups excluding carboxylic acids is 1. The third-order valence-electron chi connectivity index (χ3n) is 2.77. The molecule has 3 heteroatoms. The second-order valence-corrected chi connectivity index (χ2v) is 3.93. The van der Waals surface area contributed by atoms with Crippen LogP contribution in [-0.4, -0.2) is 10.8 Å². The van der Waals surface area contributed by atoms with Gasteiger partial charge in [-0.25, -0.2) is 0 Å². The first kappa shape index (κ1) is 11.3. The number of benzene rings is 1. The molecule has 2 rings (SSSR count). The quantitative estimate of drug-likeness (QED) is 0.646. The molecule has 0 radical (unpaired) electrons. The van der Waals surface area contributed by atoms with Gasteiger partial charge in [-0.05, 0) is 23.8 Å². The van der Waals surface area contributed by atoms with Crippen molar-refractivity contribution in [3.8, 4) is 0 Å². The lowest BCUT2D eigenvalue weighted by atomic mass is 9.93. The van der Waals surface area contributed by atoms with Crippen molar-refractivity contribution in [1.82, 2.24) is 4.98 Å². The number of para-hydroxylation sites is 1. The van der Waals surface area contributed by atoms with Gasteiger partial charge in [0.1, 0.15) is 5.69 Å². The predicted octanol–water partition coefficient (Wildman–Crippen LogP) is 2.65. The molecule has 0 saturated heterocycles. The van der Waals surface area contributed by atoms with Crippen molar-refractivity contribution in [2.75, 3.05) is 5.73 Å². The highest BCUT2D eigenvalue weighted by molar-refractivity contribution is 5.99. The number of nitrogens with two attached hydrogens (primary N) is 1. The molecule has 1 aromatic heterocycles. The Morgan fingerprint density at radius 2 is 1.88 bits per heavy atom. The van der Waals surface area contributed by atoms with Gasteiger partial charge in [0, 0.05) is 17.8 Å². The van der Waals surface area contributed by atoms with Crippen LogP contribution in [-0.2, 0) is 0 Å². The van der Waals surface area contributed by atoms with Crippen LogP contribution in [0.1, 0.15) is 28.9 Å². The van der Waals surface area contributed by atoms with Crippen molar-refractivity contribution in [2.24, 2.45) is 0 Å². The minimum Gasteiger partial charge on any atom is -0.398 e. The highest BCUT2D eigenvalue weighted by Gasteiger charge is 2.19. The maximum Gasteiger partial charge on any atom is 0.188 e. The molecule has 1 unspecified atom stereocenters. The van der Waals surface area contributed by atoms with Crippen molar-refractivity contribution in [3.05, 3.63) is 59.9 Å². The summed E-state index contributed by atoms with van der Waals surface area (Å²) in [7, 11) is 0. The fourth-order valence-electron chi connectivity index (χ4n) is 1.78. The van der Waals surface area contributed by atoms with E-state index in [2.05, 4.69) is 4.98 Å². The molecule has 2 N–H and O–H groups in total. The average Bonchev–Trinajstić information content (AvgIpc) is 2.39. The van der Waals surface area contributed by atoms with Crippen LogP contribution in [0.3, 0.4) is 0 Å². The number of Topliss-reactive ketones (excluding diaryl/α,β-unsaturated/α-hetero) is 1. The number of ketones is 1. The number of rotatable bonds is 3. The lowest BCUT2D eigenvalue weighted by Gasteiger charge is -2.12. The molecule has 0 aliphatic heterocycles. The van der Waals surface area contributed by atoms with Gasteiger partial charge in [0.2, 0.25) is 0 Å². The standard InChI is InChI=1S/C14H14N2O/c1-10(11-6-2-3-7-12(11)15)14(17)13-8-4-5-9-16-13/h2-10H,15H2,1H3. The normalized spacial score (nSPS) is 12.1. The van der Waals surface area contributed by atoms with Crippen LogP contribution in [0.2, 0.25) is 0 Å². The number of pyridine rings is 1. The minimum absolute atomic E-state index is 0.0106. The zero-order chi connectivity index (χ0) is 12.3. The fraction of sp³-hybridized carbons (Fsp3) is 0.143. The molecular formula is C14H14N2O. The first-order valence-electron chi connectivity index (χ1n) is 5.50. The van der Waals surface area contributed by atoms with Gasteiger partial charge >= 0.3 is 0 Å². The Morgan fingerprint density at radius 1 is 1.18 bits per heavy atom. The minimum atomic E-state index is -0.272. The fourth-order valence-corrected chi connectivity index (χ4v) is 1.78.